The van der Waals surface area contributed by atoms with E-state index in [1.165, 1.54) is 12.8 Å². The van der Waals surface area contributed by atoms with E-state index in [1.54, 1.807) is 7.11 Å². The Labute approximate surface area is 118 Å². The van der Waals surface area contributed by atoms with Crippen LogP contribution in [0.15, 0.2) is 0 Å². The summed E-state index contributed by atoms with van der Waals surface area (Å²) in [5, 5.41) is 12.7. The maximum atomic E-state index is 9.46. The van der Waals surface area contributed by atoms with E-state index >= 15 is 0 Å². The van der Waals surface area contributed by atoms with Crippen molar-refractivity contribution in [1.29, 1.82) is 5.26 Å². The average molecular weight is 267 g/mol. The van der Waals surface area contributed by atoms with Crippen LogP contribution < -0.4 is 5.32 Å². The molecule has 1 rings (SSSR count). The molecule has 0 spiro atoms. The highest BCUT2D eigenvalue weighted by atomic mass is 16.5. The summed E-state index contributed by atoms with van der Waals surface area (Å²) in [5.74, 6) is 0.478. The first kappa shape index (κ1) is 16.4. The first-order valence-electron chi connectivity index (χ1n) is 7.42. The molecule has 19 heavy (non-hydrogen) atoms. The van der Waals surface area contributed by atoms with E-state index in [0.29, 0.717) is 12.0 Å². The number of nitrogens with zero attached hydrogens (tertiary/aromatic N) is 2. The molecule has 1 N–H and O–H groups in total. The van der Waals surface area contributed by atoms with E-state index in [0.717, 1.165) is 32.5 Å². The van der Waals surface area contributed by atoms with E-state index in [9.17, 15) is 5.26 Å². The zero-order valence-corrected chi connectivity index (χ0v) is 12.9. The van der Waals surface area contributed by atoms with E-state index < -0.39 is 0 Å². The Morgan fingerprint density at radius 2 is 2.21 bits per heavy atom. The maximum absolute atomic E-state index is 9.46. The summed E-state index contributed by atoms with van der Waals surface area (Å²) in [5.41, 5.74) is -0.288. The lowest BCUT2D eigenvalue weighted by atomic mass is 9.86. The summed E-state index contributed by atoms with van der Waals surface area (Å²) in [7, 11) is 3.67. The Hall–Kier alpha value is -0.630. The Morgan fingerprint density at radius 1 is 1.47 bits per heavy atom. The highest BCUT2D eigenvalue weighted by Gasteiger charge is 2.41. The molecule has 0 saturated heterocycles. The Kier molecular flexibility index (Phi) is 6.78. The Bertz CT molecular complexity index is 300. The van der Waals surface area contributed by atoms with Gasteiger partial charge in [0.25, 0.3) is 0 Å². The van der Waals surface area contributed by atoms with Gasteiger partial charge in [-0.25, -0.2) is 0 Å². The monoisotopic (exact) mass is 267 g/mol. The molecular formula is C15H29N3O. The van der Waals surface area contributed by atoms with E-state index in [-0.39, 0.29) is 5.54 Å². The van der Waals surface area contributed by atoms with Gasteiger partial charge in [0, 0.05) is 19.7 Å². The summed E-state index contributed by atoms with van der Waals surface area (Å²) in [6.07, 6.45) is 4.42. The summed E-state index contributed by atoms with van der Waals surface area (Å²) in [4.78, 5) is 2.44. The van der Waals surface area contributed by atoms with Crippen LogP contribution in [0.3, 0.4) is 0 Å². The van der Waals surface area contributed by atoms with Crippen LogP contribution in [0.5, 0.6) is 0 Å². The van der Waals surface area contributed by atoms with Crippen LogP contribution in [0.1, 0.15) is 39.5 Å². The minimum Gasteiger partial charge on any atom is -0.383 e. The van der Waals surface area contributed by atoms with Crippen LogP contribution in [-0.4, -0.2) is 50.3 Å². The third-order valence-corrected chi connectivity index (χ3v) is 4.54. The lowest BCUT2D eigenvalue weighted by molar-refractivity contribution is 0.121. The van der Waals surface area contributed by atoms with Crippen molar-refractivity contribution in [3.05, 3.63) is 0 Å². The van der Waals surface area contributed by atoms with Crippen molar-refractivity contribution in [1.82, 2.24) is 10.2 Å². The molecule has 1 aliphatic carbocycles. The Morgan fingerprint density at radius 3 is 2.74 bits per heavy atom. The molecule has 4 heteroatoms. The minimum absolute atomic E-state index is 0.288. The van der Waals surface area contributed by atoms with Crippen molar-refractivity contribution in [2.24, 2.45) is 5.92 Å². The van der Waals surface area contributed by atoms with Gasteiger partial charge in [-0.3, -0.25) is 4.90 Å². The highest BCUT2D eigenvalue weighted by molar-refractivity contribution is 5.13. The summed E-state index contributed by atoms with van der Waals surface area (Å²) >= 11 is 0. The van der Waals surface area contributed by atoms with Gasteiger partial charge in [-0.2, -0.15) is 5.26 Å². The third kappa shape index (κ3) is 4.17. The van der Waals surface area contributed by atoms with Crippen molar-refractivity contribution >= 4 is 0 Å². The van der Waals surface area contributed by atoms with Gasteiger partial charge in [0.1, 0.15) is 5.54 Å². The van der Waals surface area contributed by atoms with Gasteiger partial charge in [-0.05, 0) is 52.6 Å². The van der Waals surface area contributed by atoms with Gasteiger partial charge in [0.05, 0.1) is 12.7 Å². The fraction of sp³-hybridized carbons (Fsp3) is 0.933. The second kappa shape index (κ2) is 7.84. The number of rotatable bonds is 8. The molecule has 0 heterocycles. The predicted octanol–water partition coefficient (Wildman–Crippen LogP) is 2.02. The van der Waals surface area contributed by atoms with Gasteiger partial charge in [0.2, 0.25) is 0 Å². The molecule has 1 fully saturated rings. The Balaban J connectivity index is 2.51. The van der Waals surface area contributed by atoms with Crippen LogP contribution in [-0.2, 0) is 4.74 Å². The molecule has 0 amide bonds. The average Bonchev–Trinajstić information content (AvgIpc) is 2.82. The quantitative estimate of drug-likeness (QED) is 0.731. The number of nitriles is 1. The zero-order valence-electron chi connectivity index (χ0n) is 12.9. The van der Waals surface area contributed by atoms with Gasteiger partial charge >= 0.3 is 0 Å². The van der Waals surface area contributed by atoms with Crippen molar-refractivity contribution < 1.29 is 4.74 Å². The number of nitrogens with one attached hydrogen (secondary N) is 1. The molecule has 0 aromatic heterocycles. The molecule has 0 radical (unpaired) electrons. The topological polar surface area (TPSA) is 48.3 Å². The number of methoxy groups -OCH3 is 1. The summed E-state index contributed by atoms with van der Waals surface area (Å²) < 4.78 is 5.17. The van der Waals surface area contributed by atoms with Gasteiger partial charge in [-0.15, -0.1) is 0 Å². The van der Waals surface area contributed by atoms with Crippen LogP contribution in [0.25, 0.3) is 0 Å². The summed E-state index contributed by atoms with van der Waals surface area (Å²) in [6, 6.07) is 3.05. The number of ether oxygens (including phenoxy) is 1. The normalized spacial score (nSPS) is 27.1. The summed E-state index contributed by atoms with van der Waals surface area (Å²) in [6.45, 7) is 7.24. The van der Waals surface area contributed by atoms with Crippen LogP contribution in [0.4, 0.5) is 0 Å². The molecule has 110 valence electrons. The fourth-order valence-electron chi connectivity index (χ4n) is 3.16. The molecule has 2 atom stereocenters. The van der Waals surface area contributed by atoms with Gasteiger partial charge in [0.15, 0.2) is 0 Å². The number of hydrogen-bond donors (Lipinski definition) is 1. The first-order valence-corrected chi connectivity index (χ1v) is 7.42. The lowest BCUT2D eigenvalue weighted by Gasteiger charge is -2.32. The highest BCUT2D eigenvalue weighted by Crippen LogP contribution is 2.37. The first-order chi connectivity index (χ1) is 9.09. The van der Waals surface area contributed by atoms with Crippen molar-refractivity contribution in [2.45, 2.75) is 51.1 Å². The van der Waals surface area contributed by atoms with Gasteiger partial charge < -0.3 is 10.1 Å². The van der Waals surface area contributed by atoms with Gasteiger partial charge in [-0.1, -0.05) is 6.42 Å². The second-order valence-electron chi connectivity index (χ2n) is 5.83. The molecule has 0 aromatic rings. The molecule has 0 aliphatic heterocycles. The van der Waals surface area contributed by atoms with Crippen LogP contribution in [0, 0.1) is 17.2 Å². The van der Waals surface area contributed by atoms with E-state index in [1.807, 2.05) is 7.05 Å². The largest absolute Gasteiger partial charge is 0.383 e. The standard InChI is InChI=1S/C15H29N3O/c1-13(2)18(10-11-19-4)9-7-14-6-5-8-15(14,12-16)17-3/h13-14,17H,5-11H2,1-4H3. The molecule has 1 aliphatic rings. The smallest absolute Gasteiger partial charge is 0.109 e. The second-order valence-corrected chi connectivity index (χ2v) is 5.83. The zero-order chi connectivity index (χ0) is 14.3. The number of hydrogen-bond acceptors (Lipinski definition) is 4. The molecule has 0 aromatic carbocycles. The predicted molar refractivity (Wildman–Crippen MR) is 77.9 cm³/mol. The maximum Gasteiger partial charge on any atom is 0.109 e. The fourth-order valence-corrected chi connectivity index (χ4v) is 3.16. The van der Waals surface area contributed by atoms with E-state index in [2.05, 4.69) is 30.1 Å². The minimum atomic E-state index is -0.288. The molecule has 4 nitrogen and oxygen atoms in total. The van der Waals surface area contributed by atoms with Crippen LogP contribution in [0.2, 0.25) is 0 Å². The van der Waals surface area contributed by atoms with Crippen LogP contribution >= 0.6 is 0 Å². The third-order valence-electron chi connectivity index (χ3n) is 4.54. The van der Waals surface area contributed by atoms with Crippen molar-refractivity contribution in [3.63, 3.8) is 0 Å². The molecular weight excluding hydrogens is 238 g/mol. The van der Waals surface area contributed by atoms with Crippen molar-refractivity contribution in [2.75, 3.05) is 33.9 Å². The molecule has 0 bridgehead atoms. The molecule has 1 saturated carbocycles. The lowest BCUT2D eigenvalue weighted by Crippen LogP contribution is -2.46. The van der Waals surface area contributed by atoms with Crippen molar-refractivity contribution in [3.8, 4) is 6.07 Å². The SMILES string of the molecule is CNC1(C#N)CCCC1CCN(CCOC)C(C)C. The van der Waals surface area contributed by atoms with E-state index in [4.69, 9.17) is 4.74 Å². The molecule has 2 unspecified atom stereocenters.